The molecular weight excluding hydrogens is 210 g/mol. The number of rotatable bonds is 1. The van der Waals surface area contributed by atoms with Gasteiger partial charge in [-0.15, -0.1) is 0 Å². The van der Waals surface area contributed by atoms with Gasteiger partial charge in [-0.1, -0.05) is 0 Å². The number of carbonyl (C=O) groups excluding carboxylic acids is 1. The van der Waals surface area contributed by atoms with Gasteiger partial charge in [-0.05, 0) is 12.1 Å². The van der Waals surface area contributed by atoms with E-state index >= 15 is 0 Å². The van der Waals surface area contributed by atoms with E-state index in [1.54, 1.807) is 12.1 Å². The summed E-state index contributed by atoms with van der Waals surface area (Å²) in [6, 6.07) is 5.01. The minimum absolute atomic E-state index is 0.0531. The lowest BCUT2D eigenvalue weighted by Gasteiger charge is -2.17. The van der Waals surface area contributed by atoms with Crippen molar-refractivity contribution in [1.29, 1.82) is 0 Å². The summed E-state index contributed by atoms with van der Waals surface area (Å²) in [6.07, 6.45) is 0. The fourth-order valence-electron chi connectivity index (χ4n) is 1.78. The molecule has 0 saturated carbocycles. The standard InChI is InChI=1S/C11H9NO4/c13-11(14)8-3-6-4-9-10(5-7(6)12-8)16-2-1-15-9/h3-5,12H,1-2H2,(H,13,14)/p-1. The number of hydrogen-bond donors (Lipinski definition) is 1. The quantitative estimate of drug-likeness (QED) is 0.747. The Kier molecular flexibility index (Phi) is 1.80. The first-order chi connectivity index (χ1) is 7.74. The molecule has 82 valence electrons. The number of hydrogen-bond acceptors (Lipinski definition) is 4. The minimum Gasteiger partial charge on any atom is -0.543 e. The summed E-state index contributed by atoms with van der Waals surface area (Å²) in [5.41, 5.74) is 0.751. The summed E-state index contributed by atoms with van der Waals surface area (Å²) < 4.78 is 10.8. The van der Waals surface area contributed by atoms with Crippen molar-refractivity contribution in [2.75, 3.05) is 13.2 Å². The maximum atomic E-state index is 10.7. The van der Waals surface area contributed by atoms with E-state index in [9.17, 15) is 9.90 Å². The predicted molar refractivity (Wildman–Crippen MR) is 53.6 cm³/mol. The van der Waals surface area contributed by atoms with Gasteiger partial charge < -0.3 is 24.4 Å². The molecule has 0 spiro atoms. The normalized spacial score (nSPS) is 14.0. The van der Waals surface area contributed by atoms with E-state index in [2.05, 4.69) is 4.98 Å². The maximum absolute atomic E-state index is 10.7. The second-order valence-corrected chi connectivity index (χ2v) is 3.55. The monoisotopic (exact) mass is 218 g/mol. The van der Waals surface area contributed by atoms with Crippen LogP contribution in [0.1, 0.15) is 10.5 Å². The molecular formula is C11H8NO4-. The van der Waals surface area contributed by atoms with Gasteiger partial charge >= 0.3 is 0 Å². The largest absolute Gasteiger partial charge is 0.543 e. The summed E-state index contributed by atoms with van der Waals surface area (Å²) in [4.78, 5) is 13.4. The van der Waals surface area contributed by atoms with E-state index < -0.39 is 5.97 Å². The van der Waals surface area contributed by atoms with Gasteiger partial charge in [0.25, 0.3) is 0 Å². The van der Waals surface area contributed by atoms with Crippen LogP contribution in [0.3, 0.4) is 0 Å². The van der Waals surface area contributed by atoms with E-state index in [1.165, 1.54) is 6.07 Å². The summed E-state index contributed by atoms with van der Waals surface area (Å²) in [5, 5.41) is 11.5. The average molecular weight is 218 g/mol. The van der Waals surface area contributed by atoms with Crippen molar-refractivity contribution in [3.8, 4) is 11.5 Å². The highest BCUT2D eigenvalue weighted by atomic mass is 16.6. The van der Waals surface area contributed by atoms with Gasteiger partial charge in [0.05, 0.1) is 11.7 Å². The molecule has 0 bridgehead atoms. The van der Waals surface area contributed by atoms with Crippen LogP contribution in [-0.4, -0.2) is 24.2 Å². The van der Waals surface area contributed by atoms with Crippen LogP contribution in [0, 0.1) is 0 Å². The van der Waals surface area contributed by atoms with Crippen LogP contribution < -0.4 is 14.6 Å². The van der Waals surface area contributed by atoms with Crippen LogP contribution in [0.15, 0.2) is 18.2 Å². The number of benzene rings is 1. The van der Waals surface area contributed by atoms with E-state index in [4.69, 9.17) is 9.47 Å². The molecule has 2 heterocycles. The Morgan fingerprint density at radius 3 is 2.56 bits per heavy atom. The molecule has 5 heteroatoms. The summed E-state index contributed by atoms with van der Waals surface area (Å²) >= 11 is 0. The molecule has 1 aromatic carbocycles. The molecule has 1 aliphatic rings. The zero-order chi connectivity index (χ0) is 11.1. The van der Waals surface area contributed by atoms with Crippen LogP contribution in [0.5, 0.6) is 11.5 Å². The predicted octanol–water partition coefficient (Wildman–Crippen LogP) is 0.303. The Morgan fingerprint density at radius 1 is 1.19 bits per heavy atom. The Labute approximate surface area is 90.6 Å². The number of fused-ring (bicyclic) bond motifs is 2. The fourth-order valence-corrected chi connectivity index (χ4v) is 1.78. The summed E-state index contributed by atoms with van der Waals surface area (Å²) in [7, 11) is 0. The van der Waals surface area contributed by atoms with Crippen molar-refractivity contribution in [3.63, 3.8) is 0 Å². The number of aromatic nitrogens is 1. The van der Waals surface area contributed by atoms with Gasteiger partial charge in [0, 0.05) is 17.0 Å². The van der Waals surface area contributed by atoms with Crippen LogP contribution in [0.2, 0.25) is 0 Å². The van der Waals surface area contributed by atoms with Gasteiger partial charge in [0.2, 0.25) is 0 Å². The van der Waals surface area contributed by atoms with E-state index in [-0.39, 0.29) is 5.69 Å². The second-order valence-electron chi connectivity index (χ2n) is 3.55. The number of aromatic amines is 1. The topological polar surface area (TPSA) is 74.4 Å². The maximum Gasteiger partial charge on any atom is 0.163 e. The van der Waals surface area contributed by atoms with Crippen molar-refractivity contribution >= 4 is 16.9 Å². The number of ether oxygens (including phenoxy) is 2. The lowest BCUT2D eigenvalue weighted by molar-refractivity contribution is -0.255. The Hall–Kier alpha value is -2.17. The lowest BCUT2D eigenvalue weighted by Crippen LogP contribution is -2.22. The highest BCUT2D eigenvalue weighted by Crippen LogP contribution is 2.34. The third kappa shape index (κ3) is 1.29. The van der Waals surface area contributed by atoms with Gasteiger partial charge in [0.1, 0.15) is 13.2 Å². The molecule has 5 nitrogen and oxygen atoms in total. The molecule has 3 rings (SSSR count). The molecule has 0 radical (unpaired) electrons. The number of carboxylic acids is 1. The third-order valence-corrected chi connectivity index (χ3v) is 2.50. The lowest BCUT2D eigenvalue weighted by atomic mass is 10.2. The first-order valence-corrected chi connectivity index (χ1v) is 4.88. The number of carbonyl (C=O) groups is 1. The van der Waals surface area contributed by atoms with E-state index in [0.29, 0.717) is 30.2 Å². The molecule has 0 saturated heterocycles. The molecule has 2 aromatic rings. The first kappa shape index (κ1) is 9.08. The van der Waals surface area contributed by atoms with Gasteiger partial charge in [-0.25, -0.2) is 0 Å². The van der Waals surface area contributed by atoms with Crippen molar-refractivity contribution < 1.29 is 19.4 Å². The molecule has 1 N–H and O–H groups in total. The highest BCUT2D eigenvalue weighted by molar-refractivity contribution is 5.94. The number of H-pyrrole nitrogens is 1. The van der Waals surface area contributed by atoms with Crippen molar-refractivity contribution in [2.45, 2.75) is 0 Å². The van der Waals surface area contributed by atoms with Crippen molar-refractivity contribution in [3.05, 3.63) is 23.9 Å². The van der Waals surface area contributed by atoms with Gasteiger partial charge in [-0.3, -0.25) is 0 Å². The van der Waals surface area contributed by atoms with Gasteiger partial charge in [-0.2, -0.15) is 0 Å². The van der Waals surface area contributed by atoms with E-state index in [0.717, 1.165) is 5.39 Å². The average Bonchev–Trinajstić information content (AvgIpc) is 2.68. The number of aromatic carboxylic acids is 1. The first-order valence-electron chi connectivity index (χ1n) is 4.88. The van der Waals surface area contributed by atoms with Crippen LogP contribution in [-0.2, 0) is 0 Å². The molecule has 0 fully saturated rings. The van der Waals surface area contributed by atoms with Crippen molar-refractivity contribution in [2.24, 2.45) is 0 Å². The minimum atomic E-state index is -1.23. The van der Waals surface area contributed by atoms with Crippen LogP contribution in [0.25, 0.3) is 10.9 Å². The molecule has 1 aromatic heterocycles. The van der Waals surface area contributed by atoms with Crippen LogP contribution in [0.4, 0.5) is 0 Å². The molecule has 0 unspecified atom stereocenters. The Morgan fingerprint density at radius 2 is 1.88 bits per heavy atom. The fraction of sp³-hybridized carbons (Fsp3) is 0.182. The summed E-state index contributed by atoms with van der Waals surface area (Å²) in [6.45, 7) is 1.02. The zero-order valence-corrected chi connectivity index (χ0v) is 8.28. The second kappa shape index (κ2) is 3.16. The summed E-state index contributed by atoms with van der Waals surface area (Å²) in [5.74, 6) is 0.0455. The molecule has 1 aliphatic heterocycles. The number of carboxylic acid groups (broad SMARTS) is 1. The zero-order valence-electron chi connectivity index (χ0n) is 8.28. The Bertz CT molecular complexity index is 530. The molecule has 0 amide bonds. The number of nitrogens with one attached hydrogen (secondary N) is 1. The third-order valence-electron chi connectivity index (χ3n) is 2.50. The van der Waals surface area contributed by atoms with E-state index in [1.807, 2.05) is 0 Å². The van der Waals surface area contributed by atoms with Gasteiger partial charge in [0.15, 0.2) is 11.5 Å². The smallest absolute Gasteiger partial charge is 0.163 e. The Balaban J connectivity index is 2.20. The van der Waals surface area contributed by atoms with Crippen molar-refractivity contribution in [1.82, 2.24) is 4.98 Å². The SMILES string of the molecule is O=C([O-])c1cc2cc3c(cc2[nH]1)OCCO3. The van der Waals surface area contributed by atoms with Crippen LogP contribution >= 0.6 is 0 Å². The molecule has 0 atom stereocenters. The highest BCUT2D eigenvalue weighted by Gasteiger charge is 2.13. The molecule has 0 aliphatic carbocycles. The molecule has 16 heavy (non-hydrogen) atoms.